The molecule has 0 saturated carbocycles. The Balaban J connectivity index is 1.75. The molecular formula is C30H44N2O4S. The molecule has 6 nitrogen and oxygen atoms in total. The molecule has 1 aromatic heterocycles. The van der Waals surface area contributed by atoms with Crippen LogP contribution in [0.4, 0.5) is 0 Å². The lowest BCUT2D eigenvalue weighted by atomic mass is 10.0. The summed E-state index contributed by atoms with van der Waals surface area (Å²) in [6.45, 7) is 12.4. The average molecular weight is 529 g/mol. The Labute approximate surface area is 223 Å². The van der Waals surface area contributed by atoms with Crippen LogP contribution in [0.2, 0.25) is 0 Å². The van der Waals surface area contributed by atoms with E-state index in [2.05, 4.69) is 18.7 Å². The van der Waals surface area contributed by atoms with Gasteiger partial charge in [-0.15, -0.1) is 0 Å². The standard InChI is InChI=1S/C30H44N2O4S/c1-7-9-18-32(19-10-8-2)20-11-21-36-24-12-15-26(16-13-24)37(33,34)30-29(23(3)4)27-22-25(35-6)14-17-28(27)31(30)5/h12-17,22-23H,7-11,18-21H2,1-6H3. The van der Waals surface area contributed by atoms with E-state index in [4.69, 9.17) is 9.47 Å². The number of methoxy groups -OCH3 is 1. The molecule has 0 aliphatic carbocycles. The summed E-state index contributed by atoms with van der Waals surface area (Å²) in [5.41, 5.74) is 1.68. The first-order valence-electron chi connectivity index (χ1n) is 13.6. The molecule has 0 amide bonds. The van der Waals surface area contributed by atoms with Crippen LogP contribution >= 0.6 is 0 Å². The maximum atomic E-state index is 13.8. The van der Waals surface area contributed by atoms with E-state index in [1.54, 1.807) is 35.9 Å². The minimum absolute atomic E-state index is 0.0254. The van der Waals surface area contributed by atoms with Gasteiger partial charge in [-0.1, -0.05) is 40.5 Å². The smallest absolute Gasteiger partial charge is 0.222 e. The molecular weight excluding hydrogens is 484 g/mol. The van der Waals surface area contributed by atoms with E-state index in [-0.39, 0.29) is 10.8 Å². The maximum absolute atomic E-state index is 13.8. The second-order valence-corrected chi connectivity index (χ2v) is 11.9. The van der Waals surface area contributed by atoms with Crippen LogP contribution in [0.25, 0.3) is 10.9 Å². The molecule has 0 atom stereocenters. The number of hydrogen-bond acceptors (Lipinski definition) is 5. The van der Waals surface area contributed by atoms with Gasteiger partial charge < -0.3 is 18.9 Å². The fourth-order valence-corrected chi connectivity index (χ4v) is 6.65. The van der Waals surface area contributed by atoms with Gasteiger partial charge in [0.05, 0.1) is 18.6 Å². The number of aryl methyl sites for hydroxylation is 1. The van der Waals surface area contributed by atoms with Crippen LogP contribution in [-0.4, -0.2) is 51.2 Å². The minimum Gasteiger partial charge on any atom is -0.497 e. The Bertz CT molecular complexity index is 1240. The quantitative estimate of drug-likeness (QED) is 0.203. The monoisotopic (exact) mass is 528 g/mol. The zero-order chi connectivity index (χ0) is 27.0. The predicted octanol–water partition coefficient (Wildman–Crippen LogP) is 6.81. The van der Waals surface area contributed by atoms with Gasteiger partial charge in [0.25, 0.3) is 0 Å². The van der Waals surface area contributed by atoms with Crippen molar-refractivity contribution in [3.8, 4) is 11.5 Å². The highest BCUT2D eigenvalue weighted by atomic mass is 32.2. The summed E-state index contributed by atoms with van der Waals surface area (Å²) in [6.07, 6.45) is 5.82. The van der Waals surface area contributed by atoms with Crippen molar-refractivity contribution in [3.05, 3.63) is 48.0 Å². The van der Waals surface area contributed by atoms with Gasteiger partial charge in [-0.25, -0.2) is 8.42 Å². The van der Waals surface area contributed by atoms with E-state index in [0.717, 1.165) is 42.5 Å². The van der Waals surface area contributed by atoms with Crippen molar-refractivity contribution in [2.24, 2.45) is 7.05 Å². The summed E-state index contributed by atoms with van der Waals surface area (Å²) < 4.78 is 40.8. The molecule has 0 fully saturated rings. The number of fused-ring (bicyclic) bond motifs is 1. The zero-order valence-electron chi connectivity index (χ0n) is 23.4. The molecule has 0 N–H and O–H groups in total. The summed E-state index contributed by atoms with van der Waals surface area (Å²) >= 11 is 0. The van der Waals surface area contributed by atoms with Gasteiger partial charge in [0.15, 0.2) is 0 Å². The van der Waals surface area contributed by atoms with Gasteiger partial charge in [0, 0.05) is 24.5 Å². The Hall–Kier alpha value is -2.51. The third-order valence-electron chi connectivity index (χ3n) is 6.90. The first kappa shape index (κ1) is 29.1. The SMILES string of the molecule is CCCCN(CCCC)CCCOc1ccc(S(=O)(=O)c2c(C(C)C)c3cc(OC)ccc3n2C)cc1. The van der Waals surface area contributed by atoms with Crippen LogP contribution < -0.4 is 9.47 Å². The number of nitrogens with zero attached hydrogens (tertiary/aromatic N) is 2. The number of aromatic nitrogens is 1. The summed E-state index contributed by atoms with van der Waals surface area (Å²) in [5, 5.41) is 1.24. The Kier molecular flexibility index (Phi) is 10.5. The molecule has 0 saturated heterocycles. The van der Waals surface area contributed by atoms with E-state index in [9.17, 15) is 8.42 Å². The van der Waals surface area contributed by atoms with E-state index in [1.807, 2.05) is 39.1 Å². The lowest BCUT2D eigenvalue weighted by Gasteiger charge is -2.21. The molecule has 0 bridgehead atoms. The van der Waals surface area contributed by atoms with Gasteiger partial charge in [-0.05, 0) is 86.3 Å². The highest BCUT2D eigenvalue weighted by molar-refractivity contribution is 7.91. The van der Waals surface area contributed by atoms with E-state index in [1.165, 1.54) is 25.7 Å². The van der Waals surface area contributed by atoms with Crippen molar-refractivity contribution in [2.45, 2.75) is 75.6 Å². The van der Waals surface area contributed by atoms with Gasteiger partial charge in [-0.3, -0.25) is 0 Å². The van der Waals surface area contributed by atoms with Gasteiger partial charge in [-0.2, -0.15) is 0 Å². The van der Waals surface area contributed by atoms with Crippen molar-refractivity contribution in [1.29, 1.82) is 0 Å². The number of sulfone groups is 1. The number of ether oxygens (including phenoxy) is 2. The molecule has 3 aromatic rings. The number of hydrogen-bond donors (Lipinski definition) is 0. The van der Waals surface area contributed by atoms with Crippen molar-refractivity contribution in [3.63, 3.8) is 0 Å². The molecule has 0 aliphatic rings. The maximum Gasteiger partial charge on any atom is 0.222 e. The molecule has 3 rings (SSSR count). The van der Waals surface area contributed by atoms with E-state index < -0.39 is 9.84 Å². The number of unbranched alkanes of at least 4 members (excludes halogenated alkanes) is 2. The van der Waals surface area contributed by atoms with Crippen molar-refractivity contribution < 1.29 is 17.9 Å². The molecule has 204 valence electrons. The second kappa shape index (κ2) is 13.3. The van der Waals surface area contributed by atoms with Crippen LogP contribution in [0, 0.1) is 0 Å². The first-order chi connectivity index (χ1) is 17.7. The van der Waals surface area contributed by atoms with Crippen molar-refractivity contribution >= 4 is 20.7 Å². The van der Waals surface area contributed by atoms with Gasteiger partial charge in [0.2, 0.25) is 9.84 Å². The van der Waals surface area contributed by atoms with Crippen LogP contribution in [-0.2, 0) is 16.9 Å². The lowest BCUT2D eigenvalue weighted by molar-refractivity contribution is 0.229. The average Bonchev–Trinajstić information content (AvgIpc) is 3.20. The molecule has 2 aromatic carbocycles. The number of benzene rings is 2. The Morgan fingerprint density at radius 2 is 1.49 bits per heavy atom. The molecule has 0 spiro atoms. The van der Waals surface area contributed by atoms with Crippen LogP contribution in [0.3, 0.4) is 0 Å². The fraction of sp³-hybridized carbons (Fsp3) is 0.533. The molecule has 0 radical (unpaired) electrons. The highest BCUT2D eigenvalue weighted by Crippen LogP contribution is 2.38. The molecule has 0 aliphatic heterocycles. The van der Waals surface area contributed by atoms with Crippen molar-refractivity contribution in [1.82, 2.24) is 9.47 Å². The van der Waals surface area contributed by atoms with Crippen molar-refractivity contribution in [2.75, 3.05) is 33.4 Å². The van der Waals surface area contributed by atoms with Gasteiger partial charge >= 0.3 is 0 Å². The van der Waals surface area contributed by atoms with Crippen LogP contribution in [0.1, 0.15) is 71.3 Å². The first-order valence-corrected chi connectivity index (χ1v) is 15.1. The van der Waals surface area contributed by atoms with E-state index >= 15 is 0 Å². The lowest BCUT2D eigenvalue weighted by Crippen LogP contribution is -2.28. The normalized spacial score (nSPS) is 12.1. The highest BCUT2D eigenvalue weighted by Gasteiger charge is 2.29. The zero-order valence-corrected chi connectivity index (χ0v) is 24.2. The molecule has 0 unspecified atom stereocenters. The van der Waals surface area contributed by atoms with E-state index in [0.29, 0.717) is 23.1 Å². The second-order valence-electron chi connectivity index (χ2n) is 10.0. The third kappa shape index (κ3) is 6.88. The summed E-state index contributed by atoms with van der Waals surface area (Å²) in [7, 11) is -0.303. The molecule has 7 heteroatoms. The Morgan fingerprint density at radius 3 is 2.05 bits per heavy atom. The topological polar surface area (TPSA) is 60.8 Å². The van der Waals surface area contributed by atoms with Crippen LogP contribution in [0.5, 0.6) is 11.5 Å². The minimum atomic E-state index is -3.74. The largest absolute Gasteiger partial charge is 0.497 e. The van der Waals surface area contributed by atoms with Gasteiger partial charge in [0.1, 0.15) is 16.5 Å². The fourth-order valence-electron chi connectivity index (χ4n) is 4.84. The molecule has 37 heavy (non-hydrogen) atoms. The predicted molar refractivity (Wildman–Crippen MR) is 152 cm³/mol. The number of rotatable bonds is 15. The molecule has 1 heterocycles. The summed E-state index contributed by atoms with van der Waals surface area (Å²) in [4.78, 5) is 2.79. The summed E-state index contributed by atoms with van der Waals surface area (Å²) in [6, 6.07) is 12.5. The van der Waals surface area contributed by atoms with Crippen LogP contribution in [0.15, 0.2) is 52.4 Å². The third-order valence-corrected chi connectivity index (χ3v) is 8.80. The summed E-state index contributed by atoms with van der Waals surface area (Å²) in [5.74, 6) is 1.43. The Morgan fingerprint density at radius 1 is 0.892 bits per heavy atom.